The first kappa shape index (κ1) is 39.8. The van der Waals surface area contributed by atoms with E-state index in [1.165, 1.54) is 40.7 Å². The van der Waals surface area contributed by atoms with Crippen molar-refractivity contribution in [1.82, 2.24) is 9.80 Å². The van der Waals surface area contributed by atoms with Crippen LogP contribution in [-0.4, -0.2) is 60.4 Å². The van der Waals surface area contributed by atoms with E-state index in [1.54, 1.807) is 0 Å². The second-order valence-corrected chi connectivity index (χ2v) is 16.3. The summed E-state index contributed by atoms with van der Waals surface area (Å²) in [6.45, 7) is 15.5. The van der Waals surface area contributed by atoms with Crippen LogP contribution in [0.1, 0.15) is 92.4 Å². The Bertz CT molecular complexity index is 1940. The summed E-state index contributed by atoms with van der Waals surface area (Å²) in [5, 5.41) is 11.1. The molecule has 1 N–H and O–H groups in total. The zero-order valence-electron chi connectivity index (χ0n) is 32.8. The Morgan fingerprint density at radius 1 is 0.673 bits per heavy atom. The van der Waals surface area contributed by atoms with Crippen molar-refractivity contribution in [3.63, 3.8) is 0 Å². The lowest BCUT2D eigenvalue weighted by molar-refractivity contribution is 0.0788. The molecule has 0 saturated carbocycles. The van der Waals surface area contributed by atoms with Gasteiger partial charge in [-0.2, -0.15) is 0 Å². The molecule has 3 aliphatic rings. The predicted molar refractivity (Wildman–Crippen MR) is 222 cm³/mol. The van der Waals surface area contributed by atoms with E-state index in [0.717, 1.165) is 99.1 Å². The summed E-state index contributed by atoms with van der Waals surface area (Å²) < 4.78 is 25.3. The number of fused-ring (bicyclic) bond motifs is 1. The first-order chi connectivity index (χ1) is 26.7. The largest absolute Gasteiger partial charge is 0.493 e. The minimum absolute atomic E-state index is 0.102. The van der Waals surface area contributed by atoms with Gasteiger partial charge < -0.3 is 24.1 Å². The van der Waals surface area contributed by atoms with Crippen molar-refractivity contribution in [2.75, 3.05) is 39.4 Å². The molecule has 2 fully saturated rings. The molecule has 0 bridgehead atoms. The minimum Gasteiger partial charge on any atom is -0.493 e. The first-order valence-corrected chi connectivity index (χ1v) is 21.0. The van der Waals surface area contributed by atoms with Gasteiger partial charge >= 0.3 is 0 Å². The third-order valence-electron chi connectivity index (χ3n) is 11.7. The fourth-order valence-electron chi connectivity index (χ4n) is 8.39. The summed E-state index contributed by atoms with van der Waals surface area (Å²) in [6.07, 6.45) is 5.51. The molecule has 7 rings (SSSR count). The quantitative estimate of drug-likeness (QED) is 0.137. The highest BCUT2D eigenvalue weighted by Crippen LogP contribution is 2.44. The van der Waals surface area contributed by atoms with Gasteiger partial charge in [0, 0.05) is 49.4 Å². The van der Waals surface area contributed by atoms with Crippen LogP contribution in [0, 0.1) is 12.8 Å². The van der Waals surface area contributed by atoms with Crippen LogP contribution in [0.5, 0.6) is 23.0 Å². The molecule has 1 atom stereocenters. The molecule has 4 aromatic carbocycles. The Morgan fingerprint density at radius 2 is 1.25 bits per heavy atom. The molecule has 0 radical (unpaired) electrons. The lowest BCUT2D eigenvalue weighted by Gasteiger charge is -2.30. The fourth-order valence-corrected chi connectivity index (χ4v) is 8.86. The number of rotatable bonds is 14. The fraction of sp³-hybridized carbons (Fsp3) is 0.478. The van der Waals surface area contributed by atoms with Gasteiger partial charge in [-0.1, -0.05) is 66.5 Å². The molecule has 0 aromatic heterocycles. The Morgan fingerprint density at radius 3 is 1.91 bits per heavy atom. The van der Waals surface area contributed by atoms with Gasteiger partial charge in [-0.15, -0.1) is 0 Å². The van der Waals surface area contributed by atoms with Gasteiger partial charge in [0.25, 0.3) is 0 Å². The molecule has 294 valence electrons. The Hall–Kier alpha value is -3.46. The van der Waals surface area contributed by atoms with Gasteiger partial charge in [-0.3, -0.25) is 9.80 Å². The third-order valence-corrected chi connectivity index (χ3v) is 12.2. The molecule has 9 heteroatoms. The first-order valence-electron chi connectivity index (χ1n) is 20.2. The van der Waals surface area contributed by atoms with E-state index >= 15 is 0 Å². The van der Waals surface area contributed by atoms with Gasteiger partial charge in [0.05, 0.1) is 29.4 Å². The zero-order valence-corrected chi connectivity index (χ0v) is 34.4. The van der Waals surface area contributed by atoms with Crippen molar-refractivity contribution in [3.8, 4) is 34.1 Å². The average Bonchev–Trinajstić information content (AvgIpc) is 3.59. The van der Waals surface area contributed by atoms with Crippen molar-refractivity contribution in [2.45, 2.75) is 98.1 Å². The standard InChI is InChI=1S/C46H56Cl2N2O5/c1-5-52-43-25-45(40(47)23-33(43)28-50-21-17-35(51)18-22-50)54-29-32-9-7-10-36(31(32)4)37-11-8-12-39-38(37)13-14-42(39)55-46-26-44(53-6-2)34(24-41(46)48)27-49-19-15-30(3)16-20-49/h7-12,23-26,30,35,42,51H,5-6,13-22,27-29H2,1-4H3/t42-/m0/s1. The highest BCUT2D eigenvalue weighted by atomic mass is 35.5. The Balaban J connectivity index is 1.06. The van der Waals surface area contributed by atoms with Crippen LogP contribution in [0.3, 0.4) is 0 Å². The number of piperidine rings is 2. The zero-order chi connectivity index (χ0) is 38.5. The lowest BCUT2D eigenvalue weighted by atomic mass is 9.91. The molecule has 0 unspecified atom stereocenters. The number of likely N-dealkylation sites (tertiary alicyclic amines) is 2. The van der Waals surface area contributed by atoms with E-state index in [0.29, 0.717) is 41.4 Å². The monoisotopic (exact) mass is 786 g/mol. The van der Waals surface area contributed by atoms with Gasteiger partial charge in [0.15, 0.2) is 0 Å². The summed E-state index contributed by atoms with van der Waals surface area (Å²) in [4.78, 5) is 4.84. The number of aliphatic hydroxyl groups is 1. The highest BCUT2D eigenvalue weighted by Gasteiger charge is 2.29. The summed E-state index contributed by atoms with van der Waals surface area (Å²) >= 11 is 13.8. The summed E-state index contributed by atoms with van der Waals surface area (Å²) in [6, 6.07) is 20.9. The van der Waals surface area contributed by atoms with E-state index < -0.39 is 0 Å². The van der Waals surface area contributed by atoms with Gasteiger partial charge in [0.2, 0.25) is 0 Å². The highest BCUT2D eigenvalue weighted by molar-refractivity contribution is 6.32. The molecule has 2 heterocycles. The minimum atomic E-state index is -0.209. The number of benzene rings is 4. The second-order valence-electron chi connectivity index (χ2n) is 15.5. The van der Waals surface area contributed by atoms with Crippen LogP contribution in [0.2, 0.25) is 10.0 Å². The number of halogens is 2. The lowest BCUT2D eigenvalue weighted by Crippen LogP contribution is -2.35. The molecular formula is C46H56Cl2N2O5. The summed E-state index contributed by atoms with van der Waals surface area (Å²) in [5.74, 6) is 3.70. The molecule has 7 nitrogen and oxygen atoms in total. The van der Waals surface area contributed by atoms with Crippen LogP contribution >= 0.6 is 23.2 Å². The molecular weight excluding hydrogens is 731 g/mol. The number of aliphatic hydroxyl groups excluding tert-OH is 1. The van der Waals surface area contributed by atoms with E-state index in [1.807, 2.05) is 38.1 Å². The van der Waals surface area contributed by atoms with E-state index in [4.69, 9.17) is 42.1 Å². The van der Waals surface area contributed by atoms with Crippen LogP contribution in [0.15, 0.2) is 60.7 Å². The SMILES string of the molecule is CCOc1cc(O[C@H]2CCc3c(-c4cccc(COc5cc(OCC)c(CN6CCC(O)CC6)cc5Cl)c4C)cccc32)c(Cl)cc1CN1CCC(C)CC1. The molecule has 1 aliphatic carbocycles. The number of hydrogen-bond donors (Lipinski definition) is 1. The van der Waals surface area contributed by atoms with Crippen molar-refractivity contribution in [3.05, 3.63) is 104 Å². The van der Waals surface area contributed by atoms with E-state index in [2.05, 4.69) is 60.0 Å². The Kier molecular flexibility index (Phi) is 13.2. The maximum absolute atomic E-state index is 9.94. The maximum Gasteiger partial charge on any atom is 0.142 e. The second kappa shape index (κ2) is 18.2. The van der Waals surface area contributed by atoms with Crippen molar-refractivity contribution >= 4 is 23.2 Å². The number of hydrogen-bond acceptors (Lipinski definition) is 7. The molecule has 4 aromatic rings. The van der Waals surface area contributed by atoms with Crippen LogP contribution in [0.25, 0.3) is 11.1 Å². The molecule has 55 heavy (non-hydrogen) atoms. The smallest absolute Gasteiger partial charge is 0.142 e. The van der Waals surface area contributed by atoms with E-state index in [9.17, 15) is 5.11 Å². The molecule has 0 spiro atoms. The van der Waals surface area contributed by atoms with Gasteiger partial charge in [-0.25, -0.2) is 0 Å². The average molecular weight is 788 g/mol. The van der Waals surface area contributed by atoms with Gasteiger partial charge in [0.1, 0.15) is 35.7 Å². The molecule has 2 saturated heterocycles. The number of ether oxygens (including phenoxy) is 4. The third kappa shape index (κ3) is 9.40. The maximum atomic E-state index is 9.94. The predicted octanol–water partition coefficient (Wildman–Crippen LogP) is 10.6. The van der Waals surface area contributed by atoms with Crippen molar-refractivity contribution < 1.29 is 24.1 Å². The van der Waals surface area contributed by atoms with Crippen LogP contribution in [-0.2, 0) is 26.1 Å². The van der Waals surface area contributed by atoms with Crippen molar-refractivity contribution in [1.29, 1.82) is 0 Å². The topological polar surface area (TPSA) is 63.6 Å². The summed E-state index contributed by atoms with van der Waals surface area (Å²) in [5.41, 5.74) is 9.35. The normalized spacial score (nSPS) is 18.3. The molecule has 0 amide bonds. The Labute approximate surface area is 337 Å². The van der Waals surface area contributed by atoms with Gasteiger partial charge in [-0.05, 0) is 124 Å². The van der Waals surface area contributed by atoms with Crippen molar-refractivity contribution in [2.24, 2.45) is 5.92 Å². The molecule has 2 aliphatic heterocycles. The van der Waals surface area contributed by atoms with Crippen LogP contribution < -0.4 is 18.9 Å². The number of nitrogens with zero attached hydrogens (tertiary/aromatic N) is 2. The summed E-state index contributed by atoms with van der Waals surface area (Å²) in [7, 11) is 0. The van der Waals surface area contributed by atoms with E-state index in [-0.39, 0.29) is 12.2 Å². The van der Waals surface area contributed by atoms with Crippen LogP contribution in [0.4, 0.5) is 0 Å².